The maximum Gasteiger partial charge on any atom is 0.133 e. The van der Waals surface area contributed by atoms with Crippen LogP contribution in [-0.4, -0.2) is 17.0 Å². The Hall–Kier alpha value is -1.12. The van der Waals surface area contributed by atoms with Crippen molar-refractivity contribution in [3.63, 3.8) is 0 Å². The van der Waals surface area contributed by atoms with E-state index in [4.69, 9.17) is 0 Å². The number of anilines is 1. The molecule has 0 amide bonds. The van der Waals surface area contributed by atoms with E-state index in [9.17, 15) is 0 Å². The molecule has 82 valence electrons. The quantitative estimate of drug-likeness (QED) is 0.824. The second-order valence-electron chi connectivity index (χ2n) is 4.27. The molecule has 0 saturated carbocycles. The molecule has 0 aliphatic heterocycles. The van der Waals surface area contributed by atoms with Gasteiger partial charge >= 0.3 is 0 Å². The van der Waals surface area contributed by atoms with Gasteiger partial charge in [-0.15, -0.1) is 0 Å². The molecule has 1 heterocycles. The summed E-state index contributed by atoms with van der Waals surface area (Å²) >= 11 is 0. The third-order valence-electron chi connectivity index (χ3n) is 3.24. The Morgan fingerprint density at radius 2 is 2.13 bits per heavy atom. The number of nitrogens with zero attached hydrogens (tertiary/aromatic N) is 2. The van der Waals surface area contributed by atoms with Gasteiger partial charge in [0.1, 0.15) is 11.6 Å². The predicted molar refractivity (Wildman–Crippen MR) is 62.3 cm³/mol. The molecule has 3 nitrogen and oxygen atoms in total. The van der Waals surface area contributed by atoms with Crippen LogP contribution in [0.1, 0.15) is 49.7 Å². The van der Waals surface area contributed by atoms with Crippen LogP contribution in [0.2, 0.25) is 0 Å². The normalized spacial score (nSPS) is 16.2. The van der Waals surface area contributed by atoms with E-state index in [1.54, 1.807) is 0 Å². The lowest BCUT2D eigenvalue weighted by Gasteiger charge is -2.12. The van der Waals surface area contributed by atoms with Crippen LogP contribution in [-0.2, 0) is 12.8 Å². The second-order valence-corrected chi connectivity index (χ2v) is 4.27. The Morgan fingerprint density at radius 3 is 2.80 bits per heavy atom. The monoisotopic (exact) mass is 205 g/mol. The van der Waals surface area contributed by atoms with Crippen molar-refractivity contribution in [1.82, 2.24) is 9.97 Å². The number of rotatable bonds is 3. The van der Waals surface area contributed by atoms with E-state index in [0.717, 1.165) is 30.9 Å². The van der Waals surface area contributed by atoms with Crippen molar-refractivity contribution in [2.45, 2.75) is 45.4 Å². The summed E-state index contributed by atoms with van der Waals surface area (Å²) in [7, 11) is 1.95. The molecule has 1 aromatic heterocycles. The van der Waals surface area contributed by atoms with E-state index in [-0.39, 0.29) is 0 Å². The second kappa shape index (κ2) is 4.17. The van der Waals surface area contributed by atoms with Crippen LogP contribution in [0.25, 0.3) is 0 Å². The molecule has 1 unspecified atom stereocenters. The molecule has 15 heavy (non-hydrogen) atoms. The highest BCUT2D eigenvalue weighted by atomic mass is 15.0. The minimum absolute atomic E-state index is 0.461. The van der Waals surface area contributed by atoms with Gasteiger partial charge in [-0.3, -0.25) is 0 Å². The average Bonchev–Trinajstić information content (AvgIpc) is 2.74. The zero-order valence-corrected chi connectivity index (χ0v) is 9.80. The van der Waals surface area contributed by atoms with Gasteiger partial charge in [-0.25, -0.2) is 9.97 Å². The molecule has 1 aliphatic carbocycles. The van der Waals surface area contributed by atoms with Crippen LogP contribution in [0, 0.1) is 0 Å². The van der Waals surface area contributed by atoms with E-state index in [0.29, 0.717) is 5.92 Å². The van der Waals surface area contributed by atoms with Crippen molar-refractivity contribution < 1.29 is 0 Å². The molecule has 1 atom stereocenters. The number of hydrogen-bond donors (Lipinski definition) is 1. The summed E-state index contributed by atoms with van der Waals surface area (Å²) in [5.74, 6) is 2.51. The number of hydrogen-bond acceptors (Lipinski definition) is 3. The minimum atomic E-state index is 0.461. The van der Waals surface area contributed by atoms with E-state index in [2.05, 4.69) is 29.1 Å². The van der Waals surface area contributed by atoms with Crippen molar-refractivity contribution in [1.29, 1.82) is 0 Å². The molecule has 2 rings (SSSR count). The summed E-state index contributed by atoms with van der Waals surface area (Å²) in [6.45, 7) is 4.37. The van der Waals surface area contributed by atoms with Gasteiger partial charge in [0.05, 0.1) is 0 Å². The third kappa shape index (κ3) is 1.83. The molecule has 0 bridgehead atoms. The first-order valence-electron chi connectivity index (χ1n) is 5.83. The van der Waals surface area contributed by atoms with Crippen molar-refractivity contribution in [2.75, 3.05) is 12.4 Å². The molecule has 1 aliphatic rings. The van der Waals surface area contributed by atoms with Gasteiger partial charge in [0, 0.05) is 24.2 Å². The first-order valence-corrected chi connectivity index (χ1v) is 5.83. The summed E-state index contributed by atoms with van der Waals surface area (Å²) in [4.78, 5) is 9.29. The lowest BCUT2D eigenvalue weighted by molar-refractivity contribution is 0.673. The molecular formula is C12H19N3. The van der Waals surface area contributed by atoms with Gasteiger partial charge in [-0.1, -0.05) is 13.8 Å². The van der Waals surface area contributed by atoms with Crippen LogP contribution in [0.15, 0.2) is 0 Å². The van der Waals surface area contributed by atoms with Crippen molar-refractivity contribution >= 4 is 5.82 Å². The molecule has 0 saturated heterocycles. The largest absolute Gasteiger partial charge is 0.373 e. The Bertz CT molecular complexity index is 360. The van der Waals surface area contributed by atoms with Crippen LogP contribution < -0.4 is 5.32 Å². The van der Waals surface area contributed by atoms with Crippen molar-refractivity contribution in [3.8, 4) is 0 Å². The summed E-state index contributed by atoms with van der Waals surface area (Å²) < 4.78 is 0. The van der Waals surface area contributed by atoms with E-state index in [1.165, 1.54) is 17.7 Å². The summed E-state index contributed by atoms with van der Waals surface area (Å²) in [5, 5.41) is 3.20. The minimum Gasteiger partial charge on any atom is -0.373 e. The molecule has 3 heteroatoms. The predicted octanol–water partition coefficient (Wildman–Crippen LogP) is 2.52. The van der Waals surface area contributed by atoms with Gasteiger partial charge in [-0.2, -0.15) is 0 Å². The fraction of sp³-hybridized carbons (Fsp3) is 0.667. The summed E-state index contributed by atoms with van der Waals surface area (Å²) in [6, 6.07) is 0. The Balaban J connectivity index is 2.43. The zero-order chi connectivity index (χ0) is 10.8. The molecule has 0 spiro atoms. The highest BCUT2D eigenvalue weighted by Gasteiger charge is 2.19. The van der Waals surface area contributed by atoms with Crippen LogP contribution in [0.3, 0.4) is 0 Å². The maximum absolute atomic E-state index is 4.68. The zero-order valence-electron chi connectivity index (χ0n) is 9.80. The van der Waals surface area contributed by atoms with Gasteiger partial charge in [0.15, 0.2) is 0 Å². The fourth-order valence-corrected chi connectivity index (χ4v) is 2.06. The summed E-state index contributed by atoms with van der Waals surface area (Å²) in [6.07, 6.45) is 4.58. The Kier molecular flexibility index (Phi) is 2.89. The topological polar surface area (TPSA) is 37.8 Å². The first kappa shape index (κ1) is 10.4. The van der Waals surface area contributed by atoms with E-state index in [1.807, 2.05) is 7.05 Å². The number of aryl methyl sites for hydroxylation is 1. The van der Waals surface area contributed by atoms with Gasteiger partial charge < -0.3 is 5.32 Å². The van der Waals surface area contributed by atoms with Crippen LogP contribution in [0.4, 0.5) is 5.82 Å². The molecule has 1 N–H and O–H groups in total. The lowest BCUT2D eigenvalue weighted by Crippen LogP contribution is -2.08. The number of aromatic nitrogens is 2. The highest BCUT2D eigenvalue weighted by Crippen LogP contribution is 2.28. The standard InChI is InChI=1S/C12H19N3/c1-4-8(2)11-14-10-7-5-6-9(10)12(13-3)15-11/h8H,4-7H2,1-3H3,(H,13,14,15). The molecule has 0 radical (unpaired) electrons. The number of fused-ring (bicyclic) bond motifs is 1. The van der Waals surface area contributed by atoms with Crippen LogP contribution in [0.5, 0.6) is 0 Å². The van der Waals surface area contributed by atoms with Gasteiger partial charge in [0.25, 0.3) is 0 Å². The molecular weight excluding hydrogens is 186 g/mol. The van der Waals surface area contributed by atoms with Crippen LogP contribution >= 0.6 is 0 Å². The van der Waals surface area contributed by atoms with Crippen molar-refractivity contribution in [3.05, 3.63) is 17.1 Å². The Morgan fingerprint density at radius 1 is 1.33 bits per heavy atom. The molecule has 1 aromatic rings. The SMILES string of the molecule is CCC(C)c1nc2c(c(NC)n1)CCC2. The maximum atomic E-state index is 4.68. The van der Waals surface area contributed by atoms with E-state index < -0.39 is 0 Å². The molecule has 0 fully saturated rings. The molecule has 0 aromatic carbocycles. The number of nitrogens with one attached hydrogen (secondary N) is 1. The van der Waals surface area contributed by atoms with Crippen molar-refractivity contribution in [2.24, 2.45) is 0 Å². The van der Waals surface area contributed by atoms with E-state index >= 15 is 0 Å². The van der Waals surface area contributed by atoms with Gasteiger partial charge in [0.2, 0.25) is 0 Å². The van der Waals surface area contributed by atoms with Gasteiger partial charge in [-0.05, 0) is 25.7 Å². The smallest absolute Gasteiger partial charge is 0.133 e. The Labute approximate surface area is 91.3 Å². The third-order valence-corrected chi connectivity index (χ3v) is 3.24. The lowest BCUT2D eigenvalue weighted by atomic mass is 10.1. The first-order chi connectivity index (χ1) is 7.26. The average molecular weight is 205 g/mol. The fourth-order valence-electron chi connectivity index (χ4n) is 2.06. The highest BCUT2D eigenvalue weighted by molar-refractivity contribution is 5.48. The summed E-state index contributed by atoms with van der Waals surface area (Å²) in [5.41, 5.74) is 2.61.